The molecule has 1 spiro atoms. The van der Waals surface area contributed by atoms with Gasteiger partial charge in [0.15, 0.2) is 0 Å². The van der Waals surface area contributed by atoms with Crippen LogP contribution in [0.25, 0.3) is 0 Å². The maximum atomic E-state index is 6.51. The molecule has 3 fully saturated rings. The lowest BCUT2D eigenvalue weighted by atomic mass is 9.59. The van der Waals surface area contributed by atoms with E-state index in [0.29, 0.717) is 11.5 Å². The molecule has 3 unspecified atom stereocenters. The fourth-order valence-electron chi connectivity index (χ4n) is 4.94. The summed E-state index contributed by atoms with van der Waals surface area (Å²) in [6, 6.07) is 0.505. The fraction of sp³-hybridized carbons (Fsp3) is 1.00. The molecular weight excluding hydrogens is 184 g/mol. The highest BCUT2D eigenvalue weighted by Gasteiger charge is 2.57. The Balaban J connectivity index is 1.83. The Bertz CT molecular complexity index is 249. The van der Waals surface area contributed by atoms with E-state index in [1.165, 1.54) is 44.9 Å². The van der Waals surface area contributed by atoms with E-state index in [-0.39, 0.29) is 0 Å². The van der Waals surface area contributed by atoms with Crippen molar-refractivity contribution in [2.45, 2.75) is 51.0 Å². The van der Waals surface area contributed by atoms with E-state index >= 15 is 0 Å². The maximum absolute atomic E-state index is 6.51. The largest absolute Gasteiger partial charge is 0.330 e. The van der Waals surface area contributed by atoms with Gasteiger partial charge in [-0.2, -0.15) is 0 Å². The first-order valence-electron chi connectivity index (χ1n) is 6.72. The molecule has 86 valence electrons. The Morgan fingerprint density at radius 3 is 2.73 bits per heavy atom. The standard InChI is InChI=1S/C13H24N2/c14-8-9-2-1-5-13(7-9)11-4-3-10(6-11)12(13)15/h9-12H,1-8,14-15H2/t9?,10-,11?,12-,13?/m1/s1. The minimum absolute atomic E-state index is 0.505. The van der Waals surface area contributed by atoms with Crippen molar-refractivity contribution in [3.63, 3.8) is 0 Å². The van der Waals surface area contributed by atoms with Gasteiger partial charge in [0.1, 0.15) is 0 Å². The van der Waals surface area contributed by atoms with Gasteiger partial charge in [-0.15, -0.1) is 0 Å². The smallest absolute Gasteiger partial charge is 0.0127 e. The molecule has 4 N–H and O–H groups in total. The molecule has 0 amide bonds. The van der Waals surface area contributed by atoms with Crippen LogP contribution >= 0.6 is 0 Å². The van der Waals surface area contributed by atoms with Gasteiger partial charge in [-0.1, -0.05) is 6.42 Å². The molecule has 0 aliphatic heterocycles. The van der Waals surface area contributed by atoms with Crippen LogP contribution in [0.2, 0.25) is 0 Å². The third-order valence-electron chi connectivity index (χ3n) is 5.71. The SMILES string of the molecule is NCC1CCCC2(C1)C1CC[C@H](C1)[C@H]2N. The van der Waals surface area contributed by atoms with Crippen molar-refractivity contribution in [3.8, 4) is 0 Å². The van der Waals surface area contributed by atoms with E-state index in [1.54, 1.807) is 0 Å². The highest BCUT2D eigenvalue weighted by atomic mass is 14.8. The van der Waals surface area contributed by atoms with E-state index < -0.39 is 0 Å². The van der Waals surface area contributed by atoms with Crippen molar-refractivity contribution < 1.29 is 0 Å². The molecule has 3 rings (SSSR count). The summed E-state index contributed by atoms with van der Waals surface area (Å²) in [6.07, 6.45) is 9.74. The lowest BCUT2D eigenvalue weighted by Crippen LogP contribution is -2.49. The van der Waals surface area contributed by atoms with Crippen molar-refractivity contribution in [2.75, 3.05) is 6.54 Å². The average molecular weight is 208 g/mol. The number of rotatable bonds is 1. The Morgan fingerprint density at radius 2 is 2.07 bits per heavy atom. The molecule has 2 bridgehead atoms. The van der Waals surface area contributed by atoms with Gasteiger partial charge in [-0.3, -0.25) is 0 Å². The van der Waals surface area contributed by atoms with Gasteiger partial charge in [0, 0.05) is 6.04 Å². The number of nitrogens with two attached hydrogens (primary N) is 2. The van der Waals surface area contributed by atoms with E-state index in [4.69, 9.17) is 11.5 Å². The summed E-state index contributed by atoms with van der Waals surface area (Å²) in [5.74, 6) is 2.57. The predicted molar refractivity (Wildman–Crippen MR) is 62.3 cm³/mol. The summed E-state index contributed by atoms with van der Waals surface area (Å²) in [5.41, 5.74) is 12.9. The maximum Gasteiger partial charge on any atom is 0.0127 e. The molecule has 0 aromatic carbocycles. The van der Waals surface area contributed by atoms with Crippen molar-refractivity contribution >= 4 is 0 Å². The van der Waals surface area contributed by atoms with Gasteiger partial charge in [-0.25, -0.2) is 0 Å². The molecule has 0 radical (unpaired) electrons. The van der Waals surface area contributed by atoms with Gasteiger partial charge in [0.25, 0.3) is 0 Å². The third kappa shape index (κ3) is 1.31. The van der Waals surface area contributed by atoms with Crippen LogP contribution in [0.4, 0.5) is 0 Å². The lowest BCUT2D eigenvalue weighted by Gasteiger charge is -2.47. The average Bonchev–Trinajstić information content (AvgIpc) is 2.84. The monoisotopic (exact) mass is 208 g/mol. The summed E-state index contributed by atoms with van der Waals surface area (Å²) in [4.78, 5) is 0. The highest BCUT2D eigenvalue weighted by molar-refractivity contribution is 5.10. The second kappa shape index (κ2) is 3.46. The molecule has 3 saturated carbocycles. The Labute approximate surface area is 92.8 Å². The molecule has 3 aliphatic rings. The third-order valence-corrected chi connectivity index (χ3v) is 5.71. The molecule has 0 aromatic rings. The Hall–Kier alpha value is -0.0800. The lowest BCUT2D eigenvalue weighted by molar-refractivity contribution is 0.0505. The number of fused-ring (bicyclic) bond motifs is 3. The quantitative estimate of drug-likeness (QED) is 0.691. The van der Waals surface area contributed by atoms with Crippen LogP contribution in [0.1, 0.15) is 44.9 Å². The molecule has 2 nitrogen and oxygen atoms in total. The fourth-order valence-corrected chi connectivity index (χ4v) is 4.94. The summed E-state index contributed by atoms with van der Waals surface area (Å²) < 4.78 is 0. The van der Waals surface area contributed by atoms with Crippen molar-refractivity contribution in [3.05, 3.63) is 0 Å². The predicted octanol–water partition coefficient (Wildman–Crippen LogP) is 1.88. The zero-order valence-electron chi connectivity index (χ0n) is 9.62. The molecular formula is C13H24N2. The molecule has 0 aromatic heterocycles. The zero-order valence-corrected chi connectivity index (χ0v) is 9.62. The van der Waals surface area contributed by atoms with E-state index in [1.807, 2.05) is 0 Å². The molecule has 5 atom stereocenters. The second-order valence-electron chi connectivity index (χ2n) is 6.23. The molecule has 2 heteroatoms. The topological polar surface area (TPSA) is 52.0 Å². The van der Waals surface area contributed by atoms with Crippen LogP contribution in [0, 0.1) is 23.2 Å². The van der Waals surface area contributed by atoms with Crippen LogP contribution < -0.4 is 11.5 Å². The van der Waals surface area contributed by atoms with E-state index in [2.05, 4.69) is 0 Å². The summed E-state index contributed by atoms with van der Waals surface area (Å²) >= 11 is 0. The first-order valence-corrected chi connectivity index (χ1v) is 6.72. The Morgan fingerprint density at radius 1 is 1.20 bits per heavy atom. The van der Waals surface area contributed by atoms with Gasteiger partial charge in [0.05, 0.1) is 0 Å². The van der Waals surface area contributed by atoms with Gasteiger partial charge in [0.2, 0.25) is 0 Å². The molecule has 0 heterocycles. The molecule has 3 aliphatic carbocycles. The first-order chi connectivity index (χ1) is 7.26. The van der Waals surface area contributed by atoms with Crippen LogP contribution in [-0.2, 0) is 0 Å². The number of hydrogen-bond acceptors (Lipinski definition) is 2. The van der Waals surface area contributed by atoms with Crippen LogP contribution in [0.5, 0.6) is 0 Å². The normalized spacial score (nSPS) is 54.0. The summed E-state index contributed by atoms with van der Waals surface area (Å²) in [5, 5.41) is 0. The van der Waals surface area contributed by atoms with Crippen molar-refractivity contribution in [1.82, 2.24) is 0 Å². The minimum atomic E-state index is 0.505. The van der Waals surface area contributed by atoms with Crippen molar-refractivity contribution in [2.24, 2.45) is 34.6 Å². The van der Waals surface area contributed by atoms with Crippen LogP contribution in [0.15, 0.2) is 0 Å². The minimum Gasteiger partial charge on any atom is -0.330 e. The van der Waals surface area contributed by atoms with Gasteiger partial charge >= 0.3 is 0 Å². The molecule has 15 heavy (non-hydrogen) atoms. The first kappa shape index (κ1) is 10.1. The zero-order chi connectivity index (χ0) is 10.5. The van der Waals surface area contributed by atoms with Crippen LogP contribution in [-0.4, -0.2) is 12.6 Å². The Kier molecular flexibility index (Phi) is 2.33. The van der Waals surface area contributed by atoms with Gasteiger partial charge < -0.3 is 11.5 Å². The second-order valence-corrected chi connectivity index (χ2v) is 6.23. The van der Waals surface area contributed by atoms with Gasteiger partial charge in [-0.05, 0) is 68.2 Å². The van der Waals surface area contributed by atoms with Crippen molar-refractivity contribution in [1.29, 1.82) is 0 Å². The summed E-state index contributed by atoms with van der Waals surface area (Å²) in [6.45, 7) is 0.881. The van der Waals surface area contributed by atoms with E-state index in [9.17, 15) is 0 Å². The van der Waals surface area contributed by atoms with E-state index in [0.717, 1.165) is 24.3 Å². The van der Waals surface area contributed by atoms with Crippen LogP contribution in [0.3, 0.4) is 0 Å². The molecule has 0 saturated heterocycles. The highest BCUT2D eigenvalue weighted by Crippen LogP contribution is 2.61. The summed E-state index contributed by atoms with van der Waals surface area (Å²) in [7, 11) is 0. The number of hydrogen-bond donors (Lipinski definition) is 2.